The molecule has 2 rings (SSSR count). The zero-order chi connectivity index (χ0) is 15.3. The third kappa shape index (κ3) is 3.58. The van der Waals surface area contributed by atoms with Crippen LogP contribution in [0.15, 0.2) is 41.7 Å². The molecule has 8 nitrogen and oxygen atoms in total. The molecule has 0 radical (unpaired) electrons. The van der Waals surface area contributed by atoms with Crippen molar-refractivity contribution in [3.05, 3.63) is 36.8 Å². The maximum atomic E-state index is 12.3. The van der Waals surface area contributed by atoms with Crippen molar-refractivity contribution in [3.63, 3.8) is 0 Å². The highest BCUT2D eigenvalue weighted by molar-refractivity contribution is 7.92. The number of sulfonamides is 1. The highest BCUT2D eigenvalue weighted by atomic mass is 32.2. The molecule has 2 aromatic heterocycles. The summed E-state index contributed by atoms with van der Waals surface area (Å²) >= 11 is 0. The number of nitrogen functional groups attached to an aromatic ring is 1. The molecule has 0 spiro atoms. The molecule has 112 valence electrons. The first-order chi connectivity index (χ1) is 10.1. The Labute approximate surface area is 122 Å². The van der Waals surface area contributed by atoms with Gasteiger partial charge in [0.05, 0.1) is 24.2 Å². The summed E-state index contributed by atoms with van der Waals surface area (Å²) < 4.78 is 32.2. The lowest BCUT2D eigenvalue weighted by Crippen LogP contribution is -2.18. The van der Waals surface area contributed by atoms with Crippen LogP contribution < -0.4 is 20.7 Å². The van der Waals surface area contributed by atoms with Crippen LogP contribution in [0.4, 0.5) is 11.4 Å². The minimum Gasteiger partial charge on any atom is -0.478 e. The molecular formula is C12H15N5O3S. The van der Waals surface area contributed by atoms with Crippen molar-refractivity contribution >= 4 is 21.4 Å². The van der Waals surface area contributed by atoms with Crippen molar-refractivity contribution in [1.82, 2.24) is 9.97 Å². The molecule has 0 unspecified atom stereocenters. The second kappa shape index (κ2) is 6.37. The fourth-order valence-corrected chi connectivity index (χ4v) is 2.75. The van der Waals surface area contributed by atoms with E-state index in [2.05, 4.69) is 20.1 Å². The molecule has 0 saturated heterocycles. The van der Waals surface area contributed by atoms with E-state index in [1.807, 2.05) is 6.92 Å². The van der Waals surface area contributed by atoms with Crippen LogP contribution in [0.3, 0.4) is 0 Å². The quantitative estimate of drug-likeness (QED) is 0.537. The monoisotopic (exact) mass is 309 g/mol. The zero-order valence-corrected chi connectivity index (χ0v) is 12.1. The Morgan fingerprint density at radius 1 is 1.29 bits per heavy atom. The normalized spacial score (nSPS) is 11.0. The average molecular weight is 309 g/mol. The first-order valence-electron chi connectivity index (χ1n) is 6.09. The number of nitrogens with two attached hydrogens (primary N) is 1. The molecule has 0 bridgehead atoms. The SMILES string of the molecule is CCOc1ccc(NS(=O)(=O)c2cnccc2NN)cn1. The molecule has 21 heavy (non-hydrogen) atoms. The van der Waals surface area contributed by atoms with Gasteiger partial charge in [-0.15, -0.1) is 0 Å². The molecule has 2 aromatic rings. The summed E-state index contributed by atoms with van der Waals surface area (Å²) in [5, 5.41) is 0. The topological polar surface area (TPSA) is 119 Å². The van der Waals surface area contributed by atoms with Gasteiger partial charge < -0.3 is 10.2 Å². The first kappa shape index (κ1) is 15.0. The Bertz CT molecular complexity index is 703. The van der Waals surface area contributed by atoms with Gasteiger partial charge in [-0.2, -0.15) is 0 Å². The highest BCUT2D eigenvalue weighted by Crippen LogP contribution is 2.22. The number of pyridine rings is 2. The number of rotatable bonds is 6. The molecule has 0 saturated carbocycles. The van der Waals surface area contributed by atoms with E-state index in [-0.39, 0.29) is 10.6 Å². The molecule has 2 heterocycles. The number of nitrogens with one attached hydrogen (secondary N) is 2. The fourth-order valence-electron chi connectivity index (χ4n) is 1.60. The Morgan fingerprint density at radius 3 is 2.71 bits per heavy atom. The number of hydrogen-bond donors (Lipinski definition) is 3. The lowest BCUT2D eigenvalue weighted by molar-refractivity contribution is 0.327. The van der Waals surface area contributed by atoms with Gasteiger partial charge in [-0.3, -0.25) is 15.5 Å². The van der Waals surface area contributed by atoms with E-state index in [1.54, 1.807) is 12.1 Å². The Hall–Kier alpha value is -2.39. The van der Waals surface area contributed by atoms with Crippen LogP contribution in [-0.2, 0) is 10.0 Å². The predicted molar refractivity (Wildman–Crippen MR) is 78.3 cm³/mol. The van der Waals surface area contributed by atoms with Crippen molar-refractivity contribution in [2.24, 2.45) is 5.84 Å². The van der Waals surface area contributed by atoms with Crippen molar-refractivity contribution in [2.45, 2.75) is 11.8 Å². The lowest BCUT2D eigenvalue weighted by Gasteiger charge is -2.11. The smallest absolute Gasteiger partial charge is 0.265 e. The summed E-state index contributed by atoms with van der Waals surface area (Å²) in [6, 6.07) is 4.60. The van der Waals surface area contributed by atoms with Crippen LogP contribution in [0.25, 0.3) is 0 Å². The molecule has 0 aliphatic heterocycles. The molecule has 0 amide bonds. The van der Waals surface area contributed by atoms with E-state index in [0.29, 0.717) is 18.2 Å². The number of hydrogen-bond acceptors (Lipinski definition) is 7. The lowest BCUT2D eigenvalue weighted by atomic mass is 10.4. The van der Waals surface area contributed by atoms with Gasteiger partial charge in [0.1, 0.15) is 4.90 Å². The van der Waals surface area contributed by atoms with E-state index < -0.39 is 10.0 Å². The third-order valence-corrected chi connectivity index (χ3v) is 3.92. The number of aromatic nitrogens is 2. The average Bonchev–Trinajstić information content (AvgIpc) is 2.49. The van der Waals surface area contributed by atoms with E-state index in [0.717, 1.165) is 0 Å². The van der Waals surface area contributed by atoms with E-state index in [1.165, 1.54) is 24.7 Å². The largest absolute Gasteiger partial charge is 0.478 e. The van der Waals surface area contributed by atoms with Crippen LogP contribution in [0, 0.1) is 0 Å². The molecule has 0 atom stereocenters. The number of nitrogens with zero attached hydrogens (tertiary/aromatic N) is 2. The summed E-state index contributed by atoms with van der Waals surface area (Å²) in [7, 11) is -3.82. The van der Waals surface area contributed by atoms with Gasteiger partial charge in [-0.1, -0.05) is 0 Å². The van der Waals surface area contributed by atoms with E-state index in [4.69, 9.17) is 10.6 Å². The standard InChI is InChI=1S/C12H15N5O3S/c1-2-20-12-4-3-9(7-15-12)17-21(18,19)11-8-14-6-5-10(11)16-13/h3-8,17H,2,13H2,1H3,(H,14,16). The van der Waals surface area contributed by atoms with Crippen molar-refractivity contribution in [1.29, 1.82) is 0 Å². The van der Waals surface area contributed by atoms with Crippen molar-refractivity contribution in [2.75, 3.05) is 16.8 Å². The second-order valence-electron chi connectivity index (χ2n) is 3.94. The van der Waals surface area contributed by atoms with Gasteiger partial charge in [0.2, 0.25) is 5.88 Å². The van der Waals surface area contributed by atoms with E-state index >= 15 is 0 Å². The highest BCUT2D eigenvalue weighted by Gasteiger charge is 2.18. The number of ether oxygens (including phenoxy) is 1. The van der Waals surface area contributed by atoms with Crippen molar-refractivity contribution < 1.29 is 13.2 Å². The van der Waals surface area contributed by atoms with Crippen LogP contribution in [-0.4, -0.2) is 25.0 Å². The van der Waals surface area contributed by atoms with Crippen LogP contribution >= 0.6 is 0 Å². The third-order valence-electron chi connectivity index (χ3n) is 2.51. The zero-order valence-electron chi connectivity index (χ0n) is 11.3. The van der Waals surface area contributed by atoms with Crippen LogP contribution in [0.1, 0.15) is 6.92 Å². The fraction of sp³-hybridized carbons (Fsp3) is 0.167. The molecule has 4 N–H and O–H groups in total. The molecule has 0 aromatic carbocycles. The van der Waals surface area contributed by atoms with Gasteiger partial charge in [-0.05, 0) is 19.1 Å². The summed E-state index contributed by atoms with van der Waals surface area (Å²) in [6.45, 7) is 2.32. The molecule has 9 heteroatoms. The van der Waals surface area contributed by atoms with Gasteiger partial charge in [0, 0.05) is 18.5 Å². The summed E-state index contributed by atoms with van der Waals surface area (Å²) in [5.41, 5.74) is 2.88. The maximum Gasteiger partial charge on any atom is 0.265 e. The Balaban J connectivity index is 2.24. The summed E-state index contributed by atoms with van der Waals surface area (Å²) in [5.74, 6) is 5.72. The Morgan fingerprint density at radius 2 is 2.10 bits per heavy atom. The first-order valence-corrected chi connectivity index (χ1v) is 7.57. The second-order valence-corrected chi connectivity index (χ2v) is 5.59. The number of anilines is 2. The minimum absolute atomic E-state index is 0.0543. The minimum atomic E-state index is -3.82. The number of hydrazine groups is 1. The molecular weight excluding hydrogens is 294 g/mol. The van der Waals surface area contributed by atoms with Gasteiger partial charge in [-0.25, -0.2) is 13.4 Å². The molecule has 0 fully saturated rings. The maximum absolute atomic E-state index is 12.3. The Kier molecular flexibility index (Phi) is 4.55. The summed E-state index contributed by atoms with van der Waals surface area (Å²) in [4.78, 5) is 7.72. The van der Waals surface area contributed by atoms with Gasteiger partial charge >= 0.3 is 0 Å². The molecule has 0 aliphatic rings. The van der Waals surface area contributed by atoms with Crippen molar-refractivity contribution in [3.8, 4) is 5.88 Å². The van der Waals surface area contributed by atoms with Gasteiger partial charge in [0.15, 0.2) is 0 Å². The predicted octanol–water partition coefficient (Wildman–Crippen LogP) is 0.962. The van der Waals surface area contributed by atoms with Gasteiger partial charge in [0.25, 0.3) is 10.0 Å². The van der Waals surface area contributed by atoms with E-state index in [9.17, 15) is 8.42 Å². The van der Waals surface area contributed by atoms with Crippen LogP contribution in [0.5, 0.6) is 5.88 Å². The summed E-state index contributed by atoms with van der Waals surface area (Å²) in [6.07, 6.45) is 4.01. The van der Waals surface area contributed by atoms with Crippen LogP contribution in [0.2, 0.25) is 0 Å². The molecule has 0 aliphatic carbocycles.